The van der Waals surface area contributed by atoms with Crippen LogP contribution in [0.4, 0.5) is 4.39 Å². The van der Waals surface area contributed by atoms with Crippen LogP contribution in [0.5, 0.6) is 11.5 Å². The quantitative estimate of drug-likeness (QED) is 0.626. The molecule has 6 nitrogen and oxygen atoms in total. The first-order valence-electron chi connectivity index (χ1n) is 8.53. The van der Waals surface area contributed by atoms with Crippen molar-refractivity contribution in [1.82, 2.24) is 9.29 Å². The largest absolute Gasteiger partial charge is 0.493 e. The second kappa shape index (κ2) is 8.45. The van der Waals surface area contributed by atoms with Crippen molar-refractivity contribution >= 4 is 10.0 Å². The van der Waals surface area contributed by atoms with Gasteiger partial charge in [-0.1, -0.05) is 12.1 Å². The standard InChI is InChI=1S/C20H21FN2O4S/c1-26-19-9-8-18(12-20(19)27-2)28(24,25)22-13-17-7-4-10-23(17)14-15-5-3-6-16(21)11-15/h3-12,22H,13-14H2,1-2H3. The number of hydrogen-bond acceptors (Lipinski definition) is 4. The van der Waals surface area contributed by atoms with Crippen molar-refractivity contribution in [2.75, 3.05) is 14.2 Å². The topological polar surface area (TPSA) is 69.6 Å². The van der Waals surface area contributed by atoms with Gasteiger partial charge >= 0.3 is 0 Å². The number of nitrogens with one attached hydrogen (secondary N) is 1. The van der Waals surface area contributed by atoms with E-state index in [1.54, 1.807) is 12.1 Å². The van der Waals surface area contributed by atoms with E-state index in [1.165, 1.54) is 38.5 Å². The van der Waals surface area contributed by atoms with E-state index in [-0.39, 0.29) is 17.3 Å². The number of aromatic nitrogens is 1. The molecule has 3 rings (SSSR count). The second-order valence-electron chi connectivity index (χ2n) is 6.10. The van der Waals surface area contributed by atoms with Crippen molar-refractivity contribution in [2.24, 2.45) is 0 Å². The lowest BCUT2D eigenvalue weighted by atomic mass is 10.2. The molecular formula is C20H21FN2O4S. The van der Waals surface area contributed by atoms with Gasteiger partial charge in [0.05, 0.1) is 25.7 Å². The van der Waals surface area contributed by atoms with E-state index in [0.29, 0.717) is 18.0 Å². The van der Waals surface area contributed by atoms with Crippen molar-refractivity contribution in [2.45, 2.75) is 18.0 Å². The summed E-state index contributed by atoms with van der Waals surface area (Å²) in [5.74, 6) is 0.477. The summed E-state index contributed by atoms with van der Waals surface area (Å²) in [5.41, 5.74) is 1.55. The third-order valence-corrected chi connectivity index (χ3v) is 5.67. The summed E-state index contributed by atoms with van der Waals surface area (Å²) in [7, 11) is -0.821. The van der Waals surface area contributed by atoms with Gasteiger partial charge in [0.25, 0.3) is 0 Å². The molecule has 0 spiro atoms. The Hall–Kier alpha value is -2.84. The number of ether oxygens (including phenoxy) is 2. The summed E-state index contributed by atoms with van der Waals surface area (Å²) in [6, 6.07) is 14.3. The highest BCUT2D eigenvalue weighted by atomic mass is 32.2. The lowest BCUT2D eigenvalue weighted by Gasteiger charge is -2.13. The fourth-order valence-electron chi connectivity index (χ4n) is 2.83. The fraction of sp³-hybridized carbons (Fsp3) is 0.200. The Morgan fingerprint density at radius 2 is 1.79 bits per heavy atom. The molecule has 3 aromatic rings. The average Bonchev–Trinajstić information content (AvgIpc) is 3.13. The number of rotatable bonds is 8. The molecule has 148 valence electrons. The van der Waals surface area contributed by atoms with E-state index in [1.807, 2.05) is 29.0 Å². The molecule has 1 heterocycles. The van der Waals surface area contributed by atoms with Gasteiger partial charge in [0.1, 0.15) is 5.82 Å². The molecule has 0 saturated carbocycles. The molecular weight excluding hydrogens is 383 g/mol. The van der Waals surface area contributed by atoms with Gasteiger partial charge in [0.2, 0.25) is 10.0 Å². The predicted octanol–water partition coefficient (Wildman–Crippen LogP) is 3.17. The summed E-state index contributed by atoms with van der Waals surface area (Å²) < 4.78 is 53.4. The SMILES string of the molecule is COc1ccc(S(=O)(=O)NCc2cccn2Cc2cccc(F)c2)cc1OC. The van der Waals surface area contributed by atoms with Gasteiger partial charge in [-0.15, -0.1) is 0 Å². The van der Waals surface area contributed by atoms with E-state index in [4.69, 9.17) is 9.47 Å². The minimum Gasteiger partial charge on any atom is -0.493 e. The van der Waals surface area contributed by atoms with Crippen molar-refractivity contribution in [1.29, 1.82) is 0 Å². The van der Waals surface area contributed by atoms with Crippen LogP contribution in [0.2, 0.25) is 0 Å². The van der Waals surface area contributed by atoms with Crippen LogP contribution in [0.1, 0.15) is 11.3 Å². The van der Waals surface area contributed by atoms with Crippen LogP contribution in [0.15, 0.2) is 65.7 Å². The molecule has 28 heavy (non-hydrogen) atoms. The maximum Gasteiger partial charge on any atom is 0.241 e. The molecule has 0 atom stereocenters. The van der Waals surface area contributed by atoms with Crippen molar-refractivity contribution in [3.05, 3.63) is 77.9 Å². The molecule has 0 saturated heterocycles. The van der Waals surface area contributed by atoms with Crippen LogP contribution in [0.3, 0.4) is 0 Å². The highest BCUT2D eigenvalue weighted by Crippen LogP contribution is 2.29. The van der Waals surface area contributed by atoms with Crippen LogP contribution >= 0.6 is 0 Å². The van der Waals surface area contributed by atoms with E-state index in [2.05, 4.69) is 4.72 Å². The zero-order valence-corrected chi connectivity index (χ0v) is 16.4. The highest BCUT2D eigenvalue weighted by molar-refractivity contribution is 7.89. The van der Waals surface area contributed by atoms with Gasteiger partial charge in [0.15, 0.2) is 11.5 Å². The Kier molecular flexibility index (Phi) is 6.01. The fourth-order valence-corrected chi connectivity index (χ4v) is 3.85. The summed E-state index contributed by atoms with van der Waals surface area (Å²) in [4.78, 5) is 0.0772. The number of hydrogen-bond donors (Lipinski definition) is 1. The van der Waals surface area contributed by atoms with Crippen LogP contribution in [0, 0.1) is 5.82 Å². The van der Waals surface area contributed by atoms with E-state index >= 15 is 0 Å². The highest BCUT2D eigenvalue weighted by Gasteiger charge is 2.17. The van der Waals surface area contributed by atoms with Crippen LogP contribution in [-0.4, -0.2) is 27.2 Å². The molecule has 0 unspecified atom stereocenters. The summed E-state index contributed by atoms with van der Waals surface area (Å²) in [6.45, 7) is 0.539. The van der Waals surface area contributed by atoms with Gasteiger partial charge in [-0.25, -0.2) is 17.5 Å². The Morgan fingerprint density at radius 1 is 1.00 bits per heavy atom. The number of sulfonamides is 1. The molecule has 0 aliphatic rings. The zero-order chi connectivity index (χ0) is 20.1. The number of nitrogens with zero attached hydrogens (tertiary/aromatic N) is 1. The monoisotopic (exact) mass is 404 g/mol. The van der Waals surface area contributed by atoms with E-state index < -0.39 is 10.0 Å². The van der Waals surface area contributed by atoms with Gasteiger partial charge < -0.3 is 14.0 Å². The predicted molar refractivity (Wildman–Crippen MR) is 104 cm³/mol. The third-order valence-electron chi connectivity index (χ3n) is 4.27. The summed E-state index contributed by atoms with van der Waals surface area (Å²) >= 11 is 0. The Balaban J connectivity index is 1.74. The Morgan fingerprint density at radius 3 is 2.50 bits per heavy atom. The molecule has 1 N–H and O–H groups in total. The van der Waals surface area contributed by atoms with Crippen LogP contribution in [-0.2, 0) is 23.1 Å². The lowest BCUT2D eigenvalue weighted by molar-refractivity contribution is 0.354. The molecule has 0 aliphatic carbocycles. The molecule has 0 bridgehead atoms. The molecule has 0 fully saturated rings. The zero-order valence-electron chi connectivity index (χ0n) is 15.6. The third kappa shape index (κ3) is 4.52. The van der Waals surface area contributed by atoms with Crippen molar-refractivity contribution in [3.8, 4) is 11.5 Å². The Labute approximate surface area is 163 Å². The number of methoxy groups -OCH3 is 2. The molecule has 0 radical (unpaired) electrons. The normalized spacial score (nSPS) is 11.4. The molecule has 0 amide bonds. The maximum atomic E-state index is 13.4. The van der Waals surface area contributed by atoms with Gasteiger partial charge in [-0.2, -0.15) is 0 Å². The molecule has 1 aromatic heterocycles. The minimum absolute atomic E-state index is 0.0772. The van der Waals surface area contributed by atoms with E-state index in [0.717, 1.165) is 11.3 Å². The van der Waals surface area contributed by atoms with Gasteiger partial charge in [-0.05, 0) is 42.0 Å². The first-order valence-corrected chi connectivity index (χ1v) is 10.0. The van der Waals surface area contributed by atoms with Gasteiger partial charge in [-0.3, -0.25) is 0 Å². The number of benzene rings is 2. The minimum atomic E-state index is -3.75. The first-order chi connectivity index (χ1) is 13.4. The average molecular weight is 404 g/mol. The summed E-state index contributed by atoms with van der Waals surface area (Å²) in [5, 5.41) is 0. The first kappa shape index (κ1) is 19.9. The van der Waals surface area contributed by atoms with Crippen molar-refractivity contribution < 1.29 is 22.3 Å². The number of halogens is 1. The van der Waals surface area contributed by atoms with Crippen LogP contribution in [0.25, 0.3) is 0 Å². The van der Waals surface area contributed by atoms with Crippen molar-refractivity contribution in [3.63, 3.8) is 0 Å². The van der Waals surface area contributed by atoms with E-state index in [9.17, 15) is 12.8 Å². The maximum absolute atomic E-state index is 13.4. The second-order valence-corrected chi connectivity index (χ2v) is 7.87. The van der Waals surface area contributed by atoms with Crippen LogP contribution < -0.4 is 14.2 Å². The summed E-state index contributed by atoms with van der Waals surface area (Å²) in [6.07, 6.45) is 1.82. The Bertz CT molecular complexity index is 1060. The molecule has 0 aliphatic heterocycles. The molecule has 2 aromatic carbocycles. The van der Waals surface area contributed by atoms with Gasteiger partial charge in [0, 0.05) is 24.5 Å². The lowest BCUT2D eigenvalue weighted by Crippen LogP contribution is -2.24. The molecule has 8 heteroatoms. The smallest absolute Gasteiger partial charge is 0.241 e.